The molecule has 0 saturated carbocycles. The average molecular weight is 343 g/mol. The SMILES string of the molecule is CCOC(=O)c1cc(I)c(C(F)F)c(=O)[nH]1. The van der Waals surface area contributed by atoms with E-state index in [9.17, 15) is 18.4 Å². The molecule has 16 heavy (non-hydrogen) atoms. The molecule has 0 saturated heterocycles. The highest BCUT2D eigenvalue weighted by molar-refractivity contribution is 14.1. The van der Waals surface area contributed by atoms with Crippen molar-refractivity contribution in [3.8, 4) is 0 Å². The second-order valence-electron chi connectivity index (χ2n) is 2.79. The number of H-pyrrole nitrogens is 1. The Balaban J connectivity index is 3.20. The Morgan fingerprint density at radius 1 is 1.62 bits per heavy atom. The van der Waals surface area contributed by atoms with Crippen molar-refractivity contribution in [1.82, 2.24) is 4.98 Å². The number of hydrogen-bond acceptors (Lipinski definition) is 3. The number of carbonyl (C=O) groups is 1. The summed E-state index contributed by atoms with van der Waals surface area (Å²) in [6, 6.07) is 1.17. The first-order valence-electron chi connectivity index (χ1n) is 4.35. The van der Waals surface area contributed by atoms with Gasteiger partial charge in [-0.25, -0.2) is 13.6 Å². The van der Waals surface area contributed by atoms with E-state index in [1.54, 1.807) is 29.5 Å². The van der Waals surface area contributed by atoms with E-state index in [0.717, 1.165) is 0 Å². The molecule has 7 heteroatoms. The lowest BCUT2D eigenvalue weighted by Gasteiger charge is -2.05. The third-order valence-electron chi connectivity index (χ3n) is 1.73. The maximum atomic E-state index is 12.4. The zero-order valence-electron chi connectivity index (χ0n) is 8.22. The number of alkyl halides is 2. The minimum Gasteiger partial charge on any atom is -0.461 e. The Morgan fingerprint density at radius 2 is 2.25 bits per heavy atom. The second-order valence-corrected chi connectivity index (χ2v) is 3.96. The number of ether oxygens (including phenoxy) is 1. The van der Waals surface area contributed by atoms with Crippen LogP contribution in [0.4, 0.5) is 8.78 Å². The average Bonchev–Trinajstić information content (AvgIpc) is 2.16. The van der Waals surface area contributed by atoms with Crippen LogP contribution in [0.1, 0.15) is 29.4 Å². The molecule has 0 amide bonds. The Kier molecular flexibility index (Phi) is 4.39. The fourth-order valence-corrected chi connectivity index (χ4v) is 1.85. The van der Waals surface area contributed by atoms with Crippen LogP contribution in [0.2, 0.25) is 0 Å². The standard InChI is InChI=1S/C9H8F2INO3/c1-2-16-9(15)5-3-4(12)6(7(10)11)8(14)13-5/h3,7H,2H2,1H3,(H,13,14). The molecule has 0 spiro atoms. The minimum atomic E-state index is -2.87. The van der Waals surface area contributed by atoms with Crippen molar-refractivity contribution >= 4 is 28.6 Å². The fourth-order valence-electron chi connectivity index (χ4n) is 1.06. The number of esters is 1. The summed E-state index contributed by atoms with van der Waals surface area (Å²) in [6.45, 7) is 1.75. The van der Waals surface area contributed by atoms with E-state index >= 15 is 0 Å². The van der Waals surface area contributed by atoms with Gasteiger partial charge in [0.25, 0.3) is 12.0 Å². The summed E-state index contributed by atoms with van der Waals surface area (Å²) in [5.74, 6) is -0.738. The smallest absolute Gasteiger partial charge is 0.354 e. The Labute approximate surface area is 103 Å². The molecule has 1 heterocycles. The number of aromatic nitrogens is 1. The summed E-state index contributed by atoms with van der Waals surface area (Å²) in [4.78, 5) is 24.6. The van der Waals surface area contributed by atoms with Gasteiger partial charge in [-0.3, -0.25) is 4.79 Å². The van der Waals surface area contributed by atoms with Gasteiger partial charge in [0.05, 0.1) is 12.2 Å². The summed E-state index contributed by atoms with van der Waals surface area (Å²) < 4.78 is 29.5. The summed E-state index contributed by atoms with van der Waals surface area (Å²) >= 11 is 1.58. The first kappa shape index (κ1) is 13.1. The predicted molar refractivity (Wildman–Crippen MR) is 60.7 cm³/mol. The van der Waals surface area contributed by atoms with E-state index < -0.39 is 23.5 Å². The highest BCUT2D eigenvalue weighted by Gasteiger charge is 2.19. The van der Waals surface area contributed by atoms with Gasteiger partial charge in [-0.05, 0) is 35.6 Å². The summed E-state index contributed by atoms with van der Waals surface area (Å²) in [5, 5.41) is 0. The molecule has 1 aromatic rings. The van der Waals surface area contributed by atoms with Gasteiger partial charge >= 0.3 is 5.97 Å². The highest BCUT2D eigenvalue weighted by Crippen LogP contribution is 2.20. The molecule has 1 rings (SSSR count). The third kappa shape index (κ3) is 2.77. The lowest BCUT2D eigenvalue weighted by Crippen LogP contribution is -2.20. The molecule has 0 aliphatic rings. The monoisotopic (exact) mass is 343 g/mol. The van der Waals surface area contributed by atoms with Crippen molar-refractivity contribution in [1.29, 1.82) is 0 Å². The molecule has 0 atom stereocenters. The third-order valence-corrected chi connectivity index (χ3v) is 2.63. The molecule has 88 valence electrons. The Hall–Kier alpha value is -0.990. The molecule has 1 N–H and O–H groups in total. The molecule has 4 nitrogen and oxygen atoms in total. The Morgan fingerprint density at radius 3 is 2.69 bits per heavy atom. The van der Waals surface area contributed by atoms with E-state index in [1.807, 2.05) is 0 Å². The molecule has 0 unspecified atom stereocenters. The van der Waals surface area contributed by atoms with E-state index in [0.29, 0.717) is 0 Å². The molecule has 0 aliphatic heterocycles. The quantitative estimate of drug-likeness (QED) is 0.676. The molecule has 0 aliphatic carbocycles. The zero-order valence-corrected chi connectivity index (χ0v) is 10.4. The van der Waals surface area contributed by atoms with E-state index in [-0.39, 0.29) is 15.9 Å². The molecule has 0 radical (unpaired) electrons. The molecular weight excluding hydrogens is 335 g/mol. The van der Waals surface area contributed by atoms with Crippen LogP contribution in [0.15, 0.2) is 10.9 Å². The van der Waals surface area contributed by atoms with Crippen LogP contribution in [-0.2, 0) is 4.74 Å². The van der Waals surface area contributed by atoms with Crippen molar-refractivity contribution in [2.45, 2.75) is 13.3 Å². The number of hydrogen-bond donors (Lipinski definition) is 1. The molecule has 1 aromatic heterocycles. The van der Waals surface area contributed by atoms with Gasteiger partial charge in [0.2, 0.25) is 0 Å². The van der Waals surface area contributed by atoms with Crippen molar-refractivity contribution < 1.29 is 18.3 Å². The van der Waals surface area contributed by atoms with Crippen molar-refractivity contribution in [3.05, 3.63) is 31.2 Å². The van der Waals surface area contributed by atoms with Crippen molar-refractivity contribution in [3.63, 3.8) is 0 Å². The van der Waals surface area contributed by atoms with Crippen LogP contribution in [-0.4, -0.2) is 17.6 Å². The van der Waals surface area contributed by atoms with Crippen molar-refractivity contribution in [2.24, 2.45) is 0 Å². The van der Waals surface area contributed by atoms with E-state index in [1.165, 1.54) is 6.07 Å². The fraction of sp³-hybridized carbons (Fsp3) is 0.333. The highest BCUT2D eigenvalue weighted by atomic mass is 127. The molecule has 0 bridgehead atoms. The van der Waals surface area contributed by atoms with Crippen LogP contribution in [0.25, 0.3) is 0 Å². The first-order valence-corrected chi connectivity index (χ1v) is 5.43. The van der Waals surface area contributed by atoms with E-state index in [2.05, 4.69) is 9.72 Å². The van der Waals surface area contributed by atoms with Gasteiger partial charge in [0.15, 0.2) is 0 Å². The van der Waals surface area contributed by atoms with Gasteiger partial charge in [-0.1, -0.05) is 0 Å². The maximum absolute atomic E-state index is 12.4. The number of carbonyl (C=O) groups excluding carboxylic acids is 1. The normalized spacial score (nSPS) is 10.6. The minimum absolute atomic E-state index is 0.0411. The van der Waals surface area contributed by atoms with Crippen LogP contribution >= 0.6 is 22.6 Å². The predicted octanol–water partition coefficient (Wildman–Crippen LogP) is 2.09. The summed E-state index contributed by atoms with van der Waals surface area (Å²) in [5.41, 5.74) is -1.72. The topological polar surface area (TPSA) is 59.2 Å². The van der Waals surface area contributed by atoms with Crippen molar-refractivity contribution in [2.75, 3.05) is 6.61 Å². The number of nitrogens with one attached hydrogen (secondary N) is 1. The number of rotatable bonds is 3. The van der Waals surface area contributed by atoms with Crippen LogP contribution in [0.5, 0.6) is 0 Å². The number of pyridine rings is 1. The lowest BCUT2D eigenvalue weighted by molar-refractivity contribution is 0.0518. The van der Waals surface area contributed by atoms with Gasteiger partial charge in [0, 0.05) is 3.57 Å². The molecular formula is C9H8F2INO3. The van der Waals surface area contributed by atoms with Gasteiger partial charge in [-0.2, -0.15) is 0 Å². The Bertz CT molecular complexity index is 459. The van der Waals surface area contributed by atoms with Crippen LogP contribution in [0, 0.1) is 3.57 Å². The largest absolute Gasteiger partial charge is 0.461 e. The van der Waals surface area contributed by atoms with Gasteiger partial charge < -0.3 is 9.72 Å². The van der Waals surface area contributed by atoms with Crippen LogP contribution < -0.4 is 5.56 Å². The molecule has 0 fully saturated rings. The van der Waals surface area contributed by atoms with E-state index in [4.69, 9.17) is 0 Å². The number of halogens is 3. The number of aromatic amines is 1. The lowest BCUT2D eigenvalue weighted by atomic mass is 10.2. The second kappa shape index (κ2) is 5.37. The maximum Gasteiger partial charge on any atom is 0.354 e. The van der Waals surface area contributed by atoms with Gasteiger partial charge in [-0.15, -0.1) is 0 Å². The molecule has 0 aromatic carbocycles. The van der Waals surface area contributed by atoms with Crippen LogP contribution in [0.3, 0.4) is 0 Å². The van der Waals surface area contributed by atoms with Gasteiger partial charge in [0.1, 0.15) is 5.69 Å². The zero-order chi connectivity index (χ0) is 12.3. The summed E-state index contributed by atoms with van der Waals surface area (Å²) in [6.07, 6.45) is -2.87. The first-order chi connectivity index (χ1) is 7.47. The summed E-state index contributed by atoms with van der Waals surface area (Å²) in [7, 11) is 0.